The van der Waals surface area contributed by atoms with Crippen LogP contribution in [0.25, 0.3) is 10.8 Å². The molecule has 0 atom stereocenters. The van der Waals surface area contributed by atoms with Crippen molar-refractivity contribution in [3.05, 3.63) is 42.0 Å². The second kappa shape index (κ2) is 4.56. The second-order valence-corrected chi connectivity index (χ2v) is 4.69. The molecule has 0 N–H and O–H groups in total. The van der Waals surface area contributed by atoms with Crippen molar-refractivity contribution >= 4 is 10.8 Å². The summed E-state index contributed by atoms with van der Waals surface area (Å²) in [5.74, 6) is 1.55. The molecule has 1 heteroatoms. The van der Waals surface area contributed by atoms with Crippen molar-refractivity contribution in [3.8, 4) is 5.75 Å². The molecular weight excluding hydrogens is 196 g/mol. The number of fused-ring (bicyclic) bond motifs is 1. The Morgan fingerprint density at radius 1 is 1.12 bits per heavy atom. The molecule has 0 aliphatic carbocycles. The normalized spacial score (nSPS) is 11.0. The molecule has 0 bridgehead atoms. The lowest BCUT2D eigenvalue weighted by molar-refractivity contribution is 0.274. The monoisotopic (exact) mass is 214 g/mol. The van der Waals surface area contributed by atoms with E-state index >= 15 is 0 Å². The molecule has 0 amide bonds. The van der Waals surface area contributed by atoms with Gasteiger partial charge in [-0.2, -0.15) is 0 Å². The summed E-state index contributed by atoms with van der Waals surface area (Å²) >= 11 is 0. The first-order chi connectivity index (χ1) is 7.66. The fraction of sp³-hybridized carbons (Fsp3) is 0.333. The van der Waals surface area contributed by atoms with E-state index in [0.29, 0.717) is 5.92 Å². The Labute approximate surface area is 97.1 Å². The Morgan fingerprint density at radius 2 is 1.94 bits per heavy atom. The van der Waals surface area contributed by atoms with Crippen LogP contribution in [0.15, 0.2) is 36.4 Å². The standard InChI is InChI=1S/C15H18O/c1-11(2)10-16-15-6-4-5-13-8-7-12(3)9-14(13)15/h4-9,11H,10H2,1-3H3. The first kappa shape index (κ1) is 11.0. The van der Waals surface area contributed by atoms with Gasteiger partial charge in [0.2, 0.25) is 0 Å². The number of ether oxygens (including phenoxy) is 1. The molecule has 0 aliphatic heterocycles. The van der Waals surface area contributed by atoms with Gasteiger partial charge in [0.15, 0.2) is 0 Å². The minimum absolute atomic E-state index is 0.556. The zero-order valence-electron chi connectivity index (χ0n) is 10.2. The Bertz CT molecular complexity index is 486. The highest BCUT2D eigenvalue weighted by molar-refractivity contribution is 5.88. The smallest absolute Gasteiger partial charge is 0.127 e. The van der Waals surface area contributed by atoms with Gasteiger partial charge in [-0.15, -0.1) is 0 Å². The number of aryl methyl sites for hydroxylation is 1. The molecule has 0 aliphatic rings. The van der Waals surface area contributed by atoms with Gasteiger partial charge in [-0.05, 0) is 30.4 Å². The highest BCUT2D eigenvalue weighted by Gasteiger charge is 2.03. The molecule has 2 rings (SSSR count). The van der Waals surface area contributed by atoms with E-state index in [4.69, 9.17) is 4.74 Å². The summed E-state index contributed by atoms with van der Waals surface area (Å²) in [5.41, 5.74) is 1.27. The van der Waals surface area contributed by atoms with Crippen molar-refractivity contribution in [2.24, 2.45) is 5.92 Å². The van der Waals surface area contributed by atoms with Crippen LogP contribution in [0.5, 0.6) is 5.75 Å². The van der Waals surface area contributed by atoms with Crippen LogP contribution >= 0.6 is 0 Å². The number of hydrogen-bond donors (Lipinski definition) is 0. The van der Waals surface area contributed by atoms with Crippen LogP contribution in [0.3, 0.4) is 0 Å². The van der Waals surface area contributed by atoms with Crippen LogP contribution in [-0.4, -0.2) is 6.61 Å². The third-order valence-electron chi connectivity index (χ3n) is 2.57. The molecular formula is C15H18O. The van der Waals surface area contributed by atoms with Crippen LogP contribution < -0.4 is 4.74 Å². The summed E-state index contributed by atoms with van der Waals surface area (Å²) < 4.78 is 5.84. The van der Waals surface area contributed by atoms with Crippen LogP contribution in [0.1, 0.15) is 19.4 Å². The summed E-state index contributed by atoms with van der Waals surface area (Å²) in [7, 11) is 0. The fourth-order valence-corrected chi connectivity index (χ4v) is 1.74. The average Bonchev–Trinajstić information content (AvgIpc) is 2.26. The van der Waals surface area contributed by atoms with E-state index in [1.165, 1.54) is 16.3 Å². The number of rotatable bonds is 3. The Balaban J connectivity index is 2.40. The summed E-state index contributed by atoms with van der Waals surface area (Å²) in [5, 5.41) is 2.45. The van der Waals surface area contributed by atoms with Gasteiger partial charge in [-0.3, -0.25) is 0 Å². The first-order valence-electron chi connectivity index (χ1n) is 5.79. The van der Waals surface area contributed by atoms with Gasteiger partial charge >= 0.3 is 0 Å². The molecule has 0 unspecified atom stereocenters. The van der Waals surface area contributed by atoms with Crippen molar-refractivity contribution in [1.82, 2.24) is 0 Å². The third-order valence-corrected chi connectivity index (χ3v) is 2.57. The molecule has 0 saturated heterocycles. The van der Waals surface area contributed by atoms with E-state index in [2.05, 4.69) is 45.0 Å². The lowest BCUT2D eigenvalue weighted by atomic mass is 10.1. The molecule has 0 heterocycles. The lowest BCUT2D eigenvalue weighted by Crippen LogP contribution is -2.04. The van der Waals surface area contributed by atoms with E-state index < -0.39 is 0 Å². The maximum absolute atomic E-state index is 5.84. The summed E-state index contributed by atoms with van der Waals surface area (Å²) in [6, 6.07) is 12.7. The minimum atomic E-state index is 0.556. The van der Waals surface area contributed by atoms with Crippen LogP contribution in [-0.2, 0) is 0 Å². The molecule has 0 spiro atoms. The van der Waals surface area contributed by atoms with Crippen LogP contribution in [0.2, 0.25) is 0 Å². The van der Waals surface area contributed by atoms with E-state index in [1.807, 2.05) is 12.1 Å². The summed E-state index contributed by atoms with van der Waals surface area (Å²) in [6.45, 7) is 7.21. The Kier molecular flexibility index (Phi) is 3.14. The van der Waals surface area contributed by atoms with Gasteiger partial charge in [0.1, 0.15) is 5.75 Å². The van der Waals surface area contributed by atoms with Gasteiger partial charge in [-0.25, -0.2) is 0 Å². The third kappa shape index (κ3) is 2.35. The predicted octanol–water partition coefficient (Wildman–Crippen LogP) is 4.18. The van der Waals surface area contributed by atoms with Crippen molar-refractivity contribution in [3.63, 3.8) is 0 Å². The average molecular weight is 214 g/mol. The lowest BCUT2D eigenvalue weighted by Gasteiger charge is -2.11. The molecule has 84 valence electrons. The molecule has 0 aromatic heterocycles. The Morgan fingerprint density at radius 3 is 2.69 bits per heavy atom. The van der Waals surface area contributed by atoms with Gasteiger partial charge in [-0.1, -0.05) is 43.7 Å². The molecule has 0 saturated carbocycles. The summed E-state index contributed by atoms with van der Waals surface area (Å²) in [6.07, 6.45) is 0. The quantitative estimate of drug-likeness (QED) is 0.744. The summed E-state index contributed by atoms with van der Waals surface area (Å²) in [4.78, 5) is 0. The molecule has 0 radical (unpaired) electrons. The maximum Gasteiger partial charge on any atom is 0.127 e. The van der Waals surface area contributed by atoms with Crippen molar-refractivity contribution < 1.29 is 4.74 Å². The minimum Gasteiger partial charge on any atom is -0.493 e. The van der Waals surface area contributed by atoms with Gasteiger partial charge in [0.05, 0.1) is 6.61 Å². The Hall–Kier alpha value is -1.50. The van der Waals surface area contributed by atoms with Gasteiger partial charge in [0.25, 0.3) is 0 Å². The molecule has 2 aromatic rings. The first-order valence-corrected chi connectivity index (χ1v) is 5.79. The van der Waals surface area contributed by atoms with Crippen LogP contribution in [0, 0.1) is 12.8 Å². The zero-order valence-corrected chi connectivity index (χ0v) is 10.2. The second-order valence-electron chi connectivity index (χ2n) is 4.69. The number of hydrogen-bond acceptors (Lipinski definition) is 1. The molecule has 1 nitrogen and oxygen atoms in total. The van der Waals surface area contributed by atoms with E-state index in [0.717, 1.165) is 12.4 Å². The van der Waals surface area contributed by atoms with Gasteiger partial charge < -0.3 is 4.74 Å². The van der Waals surface area contributed by atoms with Crippen molar-refractivity contribution in [2.45, 2.75) is 20.8 Å². The molecule has 0 fully saturated rings. The molecule has 2 aromatic carbocycles. The SMILES string of the molecule is Cc1ccc2cccc(OCC(C)C)c2c1. The fourth-order valence-electron chi connectivity index (χ4n) is 1.74. The maximum atomic E-state index is 5.84. The topological polar surface area (TPSA) is 9.23 Å². The van der Waals surface area contributed by atoms with Gasteiger partial charge in [0, 0.05) is 5.39 Å². The highest BCUT2D eigenvalue weighted by atomic mass is 16.5. The largest absolute Gasteiger partial charge is 0.493 e. The van der Waals surface area contributed by atoms with E-state index in [9.17, 15) is 0 Å². The molecule has 16 heavy (non-hydrogen) atoms. The number of benzene rings is 2. The highest BCUT2D eigenvalue weighted by Crippen LogP contribution is 2.26. The van der Waals surface area contributed by atoms with Crippen molar-refractivity contribution in [1.29, 1.82) is 0 Å². The predicted molar refractivity (Wildman–Crippen MR) is 69.0 cm³/mol. The van der Waals surface area contributed by atoms with E-state index in [-0.39, 0.29) is 0 Å². The van der Waals surface area contributed by atoms with Crippen molar-refractivity contribution in [2.75, 3.05) is 6.61 Å². The zero-order chi connectivity index (χ0) is 11.5. The van der Waals surface area contributed by atoms with Crippen LogP contribution in [0.4, 0.5) is 0 Å². The van der Waals surface area contributed by atoms with E-state index in [1.54, 1.807) is 0 Å².